The van der Waals surface area contributed by atoms with Crippen LogP contribution in [-0.2, 0) is 0 Å². The fraction of sp³-hybridized carbons (Fsp3) is 0.163. The first-order chi connectivity index (χ1) is 68.4. The molecule has 0 radical (unpaired) electrons. The van der Waals surface area contributed by atoms with E-state index in [-0.39, 0.29) is 50.1 Å². The molecule has 0 spiro atoms. The Hall–Kier alpha value is -12.8. The van der Waals surface area contributed by atoms with Gasteiger partial charge in [0.1, 0.15) is 23.3 Å². The van der Waals surface area contributed by atoms with Gasteiger partial charge < -0.3 is 0 Å². The molecule has 143 heavy (non-hydrogen) atoms. The molecule has 0 saturated heterocycles. The molecule has 18 aromatic rings. The summed E-state index contributed by atoms with van der Waals surface area (Å²) in [6.07, 6.45) is 0. The highest BCUT2D eigenvalue weighted by molar-refractivity contribution is 7.03. The number of benzene rings is 18. The van der Waals surface area contributed by atoms with E-state index in [9.17, 15) is 17.6 Å². The second-order valence-corrected chi connectivity index (χ2v) is 42.8. The Labute approximate surface area is 865 Å². The van der Waals surface area contributed by atoms with Crippen molar-refractivity contribution >= 4 is 185 Å². The quantitative estimate of drug-likeness (QED) is 0.115. The topological polar surface area (TPSA) is 0 Å². The van der Waals surface area contributed by atoms with Gasteiger partial charge in [-0.1, -0.05) is 466 Å². The minimum Gasteiger partial charge on any atom is -0.207 e. The molecule has 0 aromatic heterocycles. The SMILES string of the molecule is Cc1cc(C)c(B2c3cc(C)c(Cl)cc3-c3cc(Cl)c(C)cc32)c(C)c1.Cc1cc(C)c(B2c3cc(C)c(F)cc3-c3cc(F)c(C)cc32)c(C)c1.Cc1cc(C)c(B2c3cc(C)ccc3-c3ccc(C)cc32)c(C)c1.Cc1cc2c(cc1Cl)-c1cc(Cl)c(C)cc1B2c1ccccc1.Cc1cc2c(cc1F)-c1cc(F)c(C)cc1B2c1ccccc1.Cc1ccc2c(c1)B(c1ccccc1)c1cc(C)ccc1-2. The standard InChI is InChI=1S/C23H21BCl2.C23H21BF2.C23H23B.C20H15BCl2.C20H15BF2.C20H17B/c2*1-12-6-15(4)23(16(5)7-12)24-19-8-13(2)21(25)10-17(19)18-11-22(26)14(3)9-20(18)24;1-14-6-8-19-20-9-7-15(2)13-22(20)24(21(19)12-14)23-17(4)10-16(3)11-18(23)5;2*1-12-8-17-15(10-19(12)22)16-11-20(23)13(2)9-18(16)21(17)14-6-4-3-5-7-14;1-14-8-10-17-18-11-9-15(2)13-20(18)21(19(17)12-14)16-6-4-3-5-7-16/h2*6-11H,1-5H3;6-13H,1-5H3;2*3-11H,1-2H3;3-13H,1-2H3. The second-order valence-electron chi connectivity index (χ2n) is 41.1. The molecule has 702 valence electrons. The normalized spacial score (nSPS) is 12.3. The summed E-state index contributed by atoms with van der Waals surface area (Å²) in [7, 11) is 0. The molecule has 0 N–H and O–H groups in total. The van der Waals surface area contributed by atoms with E-state index in [2.05, 4.69) is 348 Å². The largest absolute Gasteiger partial charge is 0.243 e. The number of rotatable bonds is 6. The lowest BCUT2D eigenvalue weighted by Gasteiger charge is -2.18. The third-order valence-electron chi connectivity index (χ3n) is 30.4. The van der Waals surface area contributed by atoms with Crippen molar-refractivity contribution in [1.82, 2.24) is 0 Å². The highest BCUT2D eigenvalue weighted by Crippen LogP contribution is 2.38. The first-order valence-electron chi connectivity index (χ1n) is 49.6. The van der Waals surface area contributed by atoms with Gasteiger partial charge in [-0.05, 0) is 305 Å². The predicted octanol–water partition coefficient (Wildman–Crippen LogP) is 22.7. The zero-order valence-electron chi connectivity index (χ0n) is 85.3. The molecule has 6 aliphatic rings. The van der Waals surface area contributed by atoms with E-state index in [0.717, 1.165) is 91.9 Å². The van der Waals surface area contributed by atoms with Gasteiger partial charge >= 0.3 is 0 Å². The van der Waals surface area contributed by atoms with Crippen LogP contribution in [0.15, 0.2) is 297 Å². The maximum Gasteiger partial charge on any atom is 0.243 e. The molecule has 0 unspecified atom stereocenters. The zero-order chi connectivity index (χ0) is 101. The van der Waals surface area contributed by atoms with Crippen LogP contribution in [0.25, 0.3) is 66.8 Å². The highest BCUT2D eigenvalue weighted by Gasteiger charge is 2.43. The smallest absolute Gasteiger partial charge is 0.207 e. The molecule has 0 nitrogen and oxygen atoms in total. The van der Waals surface area contributed by atoms with Crippen LogP contribution in [-0.4, -0.2) is 40.3 Å². The Morgan fingerprint density at radius 3 is 0.517 bits per heavy atom. The van der Waals surface area contributed by atoms with Gasteiger partial charge in [0.15, 0.2) is 0 Å². The molecule has 0 fully saturated rings. The van der Waals surface area contributed by atoms with Crippen molar-refractivity contribution in [3.8, 4) is 66.8 Å². The van der Waals surface area contributed by atoms with Crippen molar-refractivity contribution < 1.29 is 17.6 Å². The number of hydrogen-bond donors (Lipinski definition) is 0. The summed E-state index contributed by atoms with van der Waals surface area (Å²) in [5.41, 5.74) is 61.0. The van der Waals surface area contributed by atoms with Crippen molar-refractivity contribution in [2.45, 2.75) is 145 Å². The van der Waals surface area contributed by atoms with E-state index < -0.39 is 0 Å². The van der Waals surface area contributed by atoms with Crippen LogP contribution in [0.4, 0.5) is 17.6 Å². The Bertz CT molecular complexity index is 7500. The Kier molecular flexibility index (Phi) is 27.5. The summed E-state index contributed by atoms with van der Waals surface area (Å²) in [6.45, 7) is 45.0. The lowest BCUT2D eigenvalue weighted by molar-refractivity contribution is 0.617. The van der Waals surface area contributed by atoms with Crippen LogP contribution in [0.3, 0.4) is 0 Å². The van der Waals surface area contributed by atoms with Crippen LogP contribution < -0.4 is 98.3 Å². The first kappa shape index (κ1) is 99.0. The molecule has 14 heteroatoms. The van der Waals surface area contributed by atoms with Gasteiger partial charge in [0.05, 0.1) is 0 Å². The van der Waals surface area contributed by atoms with Crippen LogP contribution >= 0.6 is 46.4 Å². The summed E-state index contributed by atoms with van der Waals surface area (Å²) in [5.74, 6) is -0.976. The van der Waals surface area contributed by atoms with Crippen LogP contribution in [0.5, 0.6) is 0 Å². The maximum atomic E-state index is 14.3. The summed E-state index contributed by atoms with van der Waals surface area (Å²) in [6, 6.07) is 104. The monoisotopic (exact) mass is 1940 g/mol. The van der Waals surface area contributed by atoms with Crippen molar-refractivity contribution in [2.75, 3.05) is 0 Å². The highest BCUT2D eigenvalue weighted by atomic mass is 35.5. The van der Waals surface area contributed by atoms with Gasteiger partial charge in [-0.3, -0.25) is 0 Å². The molecule has 0 bridgehead atoms. The summed E-state index contributed by atoms with van der Waals surface area (Å²) in [5, 5.41) is 3.23. The molecule has 24 rings (SSSR count). The number of hydrogen-bond acceptors (Lipinski definition) is 0. The third-order valence-corrected chi connectivity index (χ3v) is 32.1. The number of aryl methyl sites for hydroxylation is 21. The molecule has 0 saturated carbocycles. The lowest BCUT2D eigenvalue weighted by atomic mass is 9.37. The molecule has 0 amide bonds. The third kappa shape index (κ3) is 18.6. The van der Waals surface area contributed by atoms with Gasteiger partial charge in [0.2, 0.25) is 40.3 Å². The van der Waals surface area contributed by atoms with Crippen LogP contribution in [0.2, 0.25) is 20.1 Å². The summed E-state index contributed by atoms with van der Waals surface area (Å²) < 4.78 is 56.8. The minimum atomic E-state index is -0.246. The maximum absolute atomic E-state index is 14.3. The molecular formula is C129H112B6Cl4F4. The van der Waals surface area contributed by atoms with Crippen LogP contribution in [0.1, 0.15) is 117 Å². The Morgan fingerprint density at radius 1 is 0.147 bits per heavy atom. The van der Waals surface area contributed by atoms with E-state index in [1.807, 2.05) is 42.5 Å². The predicted molar refractivity (Wildman–Crippen MR) is 617 cm³/mol. The fourth-order valence-electron chi connectivity index (χ4n) is 24.0. The van der Waals surface area contributed by atoms with Gasteiger partial charge in [0.25, 0.3) is 0 Å². The van der Waals surface area contributed by atoms with E-state index in [0.29, 0.717) is 35.7 Å². The van der Waals surface area contributed by atoms with Gasteiger partial charge in [-0.15, -0.1) is 0 Å². The Balaban J connectivity index is 0.000000109. The van der Waals surface area contributed by atoms with E-state index in [1.165, 1.54) is 188 Å². The Morgan fingerprint density at radius 2 is 0.315 bits per heavy atom. The van der Waals surface area contributed by atoms with E-state index >= 15 is 0 Å². The summed E-state index contributed by atoms with van der Waals surface area (Å²) in [4.78, 5) is 0. The van der Waals surface area contributed by atoms with Crippen molar-refractivity contribution in [1.29, 1.82) is 0 Å². The molecule has 0 atom stereocenters. The lowest BCUT2D eigenvalue weighted by Crippen LogP contribution is -2.51. The van der Waals surface area contributed by atoms with Crippen molar-refractivity contribution in [2.24, 2.45) is 0 Å². The summed E-state index contributed by atoms with van der Waals surface area (Å²) >= 11 is 25.7. The van der Waals surface area contributed by atoms with E-state index in [1.54, 1.807) is 52.0 Å². The van der Waals surface area contributed by atoms with Crippen molar-refractivity contribution in [3.63, 3.8) is 0 Å². The van der Waals surface area contributed by atoms with Crippen molar-refractivity contribution in [3.05, 3.63) is 457 Å². The van der Waals surface area contributed by atoms with E-state index in [4.69, 9.17) is 46.4 Å². The average molecular weight is 1940 g/mol. The minimum absolute atomic E-state index is 0.0131. The molecule has 6 heterocycles. The average Bonchev–Trinajstić information content (AvgIpc) is 1.60. The second kappa shape index (κ2) is 39.7. The zero-order valence-corrected chi connectivity index (χ0v) is 88.3. The molecule has 18 aromatic carbocycles. The first-order valence-corrected chi connectivity index (χ1v) is 51.1. The van der Waals surface area contributed by atoms with Crippen LogP contribution in [0, 0.1) is 169 Å². The van der Waals surface area contributed by atoms with Gasteiger partial charge in [-0.25, -0.2) is 17.6 Å². The number of fused-ring (bicyclic) bond motifs is 18. The fourth-order valence-corrected chi connectivity index (χ4v) is 24.6. The van der Waals surface area contributed by atoms with Gasteiger partial charge in [-0.2, -0.15) is 0 Å². The molecule has 6 aliphatic heterocycles. The van der Waals surface area contributed by atoms with Gasteiger partial charge in [0, 0.05) is 20.1 Å². The number of halogens is 8. The molecule has 0 aliphatic carbocycles. The molecular weight excluding hydrogens is 1830 g/mol.